The number of nitrogens with two attached hydrogens (primary N) is 1. The van der Waals surface area contributed by atoms with Gasteiger partial charge < -0.3 is 15.8 Å². The smallest absolute Gasteiger partial charge is 0.188 e. The first-order valence-corrected chi connectivity index (χ1v) is 7.04. The number of hydrogen-bond donors (Lipinski definition) is 2. The Morgan fingerprint density at radius 3 is 2.78 bits per heavy atom. The van der Waals surface area contributed by atoms with Crippen molar-refractivity contribution in [3.63, 3.8) is 0 Å². The molecule has 1 fully saturated rings. The number of guanidine groups is 1. The van der Waals surface area contributed by atoms with Crippen LogP contribution in [-0.4, -0.2) is 31.8 Å². The Balaban J connectivity index is 2.27. The van der Waals surface area contributed by atoms with E-state index in [-0.39, 0.29) is 5.41 Å². The van der Waals surface area contributed by atoms with Crippen LogP contribution in [0.2, 0.25) is 0 Å². The maximum atomic E-state index is 5.87. The van der Waals surface area contributed by atoms with Gasteiger partial charge in [0.2, 0.25) is 0 Å². The molecular formula is C14H29N3O. The molecule has 0 aromatic heterocycles. The van der Waals surface area contributed by atoms with E-state index in [0.717, 1.165) is 39.0 Å². The third-order valence-corrected chi connectivity index (χ3v) is 3.17. The third kappa shape index (κ3) is 6.24. The van der Waals surface area contributed by atoms with Gasteiger partial charge >= 0.3 is 0 Å². The molecule has 106 valence electrons. The van der Waals surface area contributed by atoms with E-state index in [0.29, 0.717) is 18.0 Å². The lowest BCUT2D eigenvalue weighted by atomic mass is 9.84. The van der Waals surface area contributed by atoms with Crippen LogP contribution >= 0.6 is 0 Å². The van der Waals surface area contributed by atoms with Gasteiger partial charge in [-0.3, -0.25) is 4.99 Å². The van der Waals surface area contributed by atoms with Crippen LogP contribution in [0.3, 0.4) is 0 Å². The zero-order valence-electron chi connectivity index (χ0n) is 12.3. The molecule has 0 aliphatic carbocycles. The van der Waals surface area contributed by atoms with E-state index in [2.05, 4.69) is 38.0 Å². The molecule has 0 aromatic carbocycles. The molecule has 4 heteroatoms. The van der Waals surface area contributed by atoms with Crippen molar-refractivity contribution in [1.82, 2.24) is 5.32 Å². The highest BCUT2D eigenvalue weighted by Gasteiger charge is 2.19. The Kier molecular flexibility index (Phi) is 5.93. The van der Waals surface area contributed by atoms with E-state index in [1.807, 2.05) is 0 Å². The summed E-state index contributed by atoms with van der Waals surface area (Å²) in [7, 11) is 0. The third-order valence-electron chi connectivity index (χ3n) is 3.17. The van der Waals surface area contributed by atoms with Crippen LogP contribution in [0.15, 0.2) is 4.99 Å². The lowest BCUT2D eigenvalue weighted by Crippen LogP contribution is -2.38. The van der Waals surface area contributed by atoms with Crippen molar-refractivity contribution >= 4 is 5.96 Å². The van der Waals surface area contributed by atoms with Crippen LogP contribution in [0.1, 0.15) is 47.0 Å². The first kappa shape index (κ1) is 15.3. The molecule has 0 aromatic rings. The first-order chi connectivity index (χ1) is 8.39. The molecule has 3 N–H and O–H groups in total. The van der Waals surface area contributed by atoms with Gasteiger partial charge in [-0.05, 0) is 30.6 Å². The monoisotopic (exact) mass is 255 g/mol. The Morgan fingerprint density at radius 2 is 2.22 bits per heavy atom. The van der Waals surface area contributed by atoms with E-state index >= 15 is 0 Å². The fourth-order valence-electron chi connectivity index (χ4n) is 2.55. The van der Waals surface area contributed by atoms with Crippen LogP contribution in [-0.2, 0) is 4.74 Å². The summed E-state index contributed by atoms with van der Waals surface area (Å²) < 4.78 is 5.53. The van der Waals surface area contributed by atoms with Crippen molar-refractivity contribution in [3.8, 4) is 0 Å². The Morgan fingerprint density at radius 1 is 1.50 bits per heavy atom. The summed E-state index contributed by atoms with van der Waals surface area (Å²) in [5, 5.41) is 3.15. The fraction of sp³-hybridized carbons (Fsp3) is 0.929. The number of aliphatic imine (C=N–C) groups is 1. The number of ether oxygens (including phenoxy) is 1. The summed E-state index contributed by atoms with van der Waals surface area (Å²) in [4.78, 5) is 4.44. The first-order valence-electron chi connectivity index (χ1n) is 7.04. The quantitative estimate of drug-likeness (QED) is 0.565. The van der Waals surface area contributed by atoms with Crippen molar-refractivity contribution in [2.24, 2.45) is 22.1 Å². The molecule has 4 nitrogen and oxygen atoms in total. The maximum Gasteiger partial charge on any atom is 0.188 e. The average Bonchev–Trinajstić information content (AvgIpc) is 2.74. The summed E-state index contributed by atoms with van der Waals surface area (Å²) in [6, 6.07) is 0. The largest absolute Gasteiger partial charge is 0.376 e. The molecule has 0 spiro atoms. The average molecular weight is 255 g/mol. The number of nitrogens with zero attached hydrogens (tertiary/aromatic N) is 1. The molecule has 1 saturated heterocycles. The predicted octanol–water partition coefficient (Wildman–Crippen LogP) is 2.14. The van der Waals surface area contributed by atoms with Crippen LogP contribution in [0.25, 0.3) is 0 Å². The zero-order chi connectivity index (χ0) is 13.6. The summed E-state index contributed by atoms with van der Waals surface area (Å²) >= 11 is 0. The molecule has 1 heterocycles. The normalized spacial score (nSPS) is 21.6. The van der Waals surface area contributed by atoms with Gasteiger partial charge in [0.1, 0.15) is 0 Å². The van der Waals surface area contributed by atoms with Gasteiger partial charge in [-0.1, -0.05) is 27.7 Å². The minimum atomic E-state index is 0.213. The molecular weight excluding hydrogens is 226 g/mol. The van der Waals surface area contributed by atoms with Gasteiger partial charge in [-0.25, -0.2) is 0 Å². The van der Waals surface area contributed by atoms with Crippen LogP contribution in [0.4, 0.5) is 0 Å². The van der Waals surface area contributed by atoms with E-state index < -0.39 is 0 Å². The Hall–Kier alpha value is -0.770. The number of rotatable bonds is 6. The van der Waals surface area contributed by atoms with Gasteiger partial charge in [-0.15, -0.1) is 0 Å². The molecule has 0 bridgehead atoms. The topological polar surface area (TPSA) is 59.6 Å². The summed E-state index contributed by atoms with van der Waals surface area (Å²) in [6.45, 7) is 11.4. The summed E-state index contributed by atoms with van der Waals surface area (Å²) in [6.07, 6.45) is 3.75. The van der Waals surface area contributed by atoms with E-state index in [4.69, 9.17) is 10.5 Å². The van der Waals surface area contributed by atoms with Gasteiger partial charge in [0.05, 0.1) is 6.10 Å². The van der Waals surface area contributed by atoms with Crippen molar-refractivity contribution in [3.05, 3.63) is 0 Å². The minimum Gasteiger partial charge on any atom is -0.376 e. The molecule has 1 aliphatic rings. The Bertz CT molecular complexity index is 268. The maximum absolute atomic E-state index is 5.87. The second kappa shape index (κ2) is 6.98. The van der Waals surface area contributed by atoms with Crippen LogP contribution in [0.5, 0.6) is 0 Å². The molecule has 18 heavy (non-hydrogen) atoms. The van der Waals surface area contributed by atoms with E-state index in [9.17, 15) is 0 Å². The molecule has 1 unspecified atom stereocenters. The molecule has 0 radical (unpaired) electrons. The second-order valence-electron chi connectivity index (χ2n) is 6.48. The van der Waals surface area contributed by atoms with Gasteiger partial charge in [0.25, 0.3) is 0 Å². The van der Waals surface area contributed by atoms with Gasteiger partial charge in [0.15, 0.2) is 5.96 Å². The molecule has 1 rings (SSSR count). The lowest BCUT2D eigenvalue weighted by molar-refractivity contribution is 0.114. The zero-order valence-corrected chi connectivity index (χ0v) is 12.3. The molecule has 1 atom stereocenters. The lowest BCUT2D eigenvalue weighted by Gasteiger charge is -2.24. The predicted molar refractivity (Wildman–Crippen MR) is 76.7 cm³/mol. The Labute approximate surface area is 111 Å². The standard InChI is InChI=1S/C14H29N3O/c1-11(2)8-14(3,4)10-17-13(15)16-9-12-6-5-7-18-12/h11-12H,5-10H2,1-4H3,(H3,15,16,17). The number of hydrogen-bond acceptors (Lipinski definition) is 2. The fourth-order valence-corrected chi connectivity index (χ4v) is 2.55. The minimum absolute atomic E-state index is 0.213. The number of nitrogens with one attached hydrogen (secondary N) is 1. The van der Waals surface area contributed by atoms with E-state index in [1.54, 1.807) is 0 Å². The van der Waals surface area contributed by atoms with E-state index in [1.165, 1.54) is 0 Å². The van der Waals surface area contributed by atoms with Crippen LogP contribution in [0, 0.1) is 11.3 Å². The molecule has 1 aliphatic heterocycles. The summed E-state index contributed by atoms with van der Waals surface area (Å²) in [5.74, 6) is 1.23. The van der Waals surface area contributed by atoms with Crippen molar-refractivity contribution < 1.29 is 4.74 Å². The summed E-state index contributed by atoms with van der Waals surface area (Å²) in [5.41, 5.74) is 6.09. The van der Waals surface area contributed by atoms with Crippen molar-refractivity contribution in [1.29, 1.82) is 0 Å². The van der Waals surface area contributed by atoms with Gasteiger partial charge in [0, 0.05) is 19.7 Å². The highest BCUT2D eigenvalue weighted by Crippen LogP contribution is 2.25. The SMILES string of the molecule is CC(C)CC(C)(C)CN=C(N)NCC1CCCO1. The second-order valence-corrected chi connectivity index (χ2v) is 6.48. The molecule has 0 saturated carbocycles. The highest BCUT2D eigenvalue weighted by molar-refractivity contribution is 5.77. The molecule has 0 amide bonds. The van der Waals surface area contributed by atoms with Crippen LogP contribution < -0.4 is 11.1 Å². The van der Waals surface area contributed by atoms with Crippen molar-refractivity contribution in [2.45, 2.75) is 53.1 Å². The highest BCUT2D eigenvalue weighted by atomic mass is 16.5. The van der Waals surface area contributed by atoms with Gasteiger partial charge in [-0.2, -0.15) is 0 Å². The van der Waals surface area contributed by atoms with Crippen molar-refractivity contribution in [2.75, 3.05) is 19.7 Å².